The Morgan fingerprint density at radius 2 is 0.514 bits per heavy atom. The molecule has 0 aliphatic heterocycles. The molecule has 0 rings (SSSR count). The first-order valence-corrected chi connectivity index (χ1v) is 31.0. The van der Waals surface area contributed by atoms with E-state index in [1.807, 2.05) is 0 Å². The molecule has 0 bridgehead atoms. The maximum Gasteiger partial charge on any atom is 0.306 e. The number of esters is 3. The molecule has 410 valence electrons. The molecule has 0 aromatic carbocycles. The van der Waals surface area contributed by atoms with Crippen LogP contribution in [0.15, 0.2) is 36.5 Å². The molecule has 0 heterocycles. The van der Waals surface area contributed by atoms with E-state index in [0.29, 0.717) is 19.3 Å². The number of rotatable bonds is 57. The lowest BCUT2D eigenvalue weighted by Crippen LogP contribution is -2.30. The zero-order valence-corrected chi connectivity index (χ0v) is 47.1. The van der Waals surface area contributed by atoms with Gasteiger partial charge in [0.05, 0.1) is 0 Å². The third-order valence-corrected chi connectivity index (χ3v) is 13.9. The number of allylic oxidation sites excluding steroid dienone is 6. The molecule has 0 aliphatic carbocycles. The van der Waals surface area contributed by atoms with Crippen molar-refractivity contribution in [1.82, 2.24) is 0 Å². The van der Waals surface area contributed by atoms with Crippen molar-refractivity contribution in [3.05, 3.63) is 36.5 Å². The van der Waals surface area contributed by atoms with Crippen LogP contribution in [0.2, 0.25) is 0 Å². The van der Waals surface area contributed by atoms with Gasteiger partial charge in [0.15, 0.2) is 6.10 Å². The Hall–Kier alpha value is -2.37. The van der Waals surface area contributed by atoms with Gasteiger partial charge in [-0.05, 0) is 70.6 Å². The maximum absolute atomic E-state index is 12.9. The minimum atomic E-state index is -0.773. The molecule has 0 aromatic rings. The third kappa shape index (κ3) is 56.5. The van der Waals surface area contributed by atoms with Gasteiger partial charge in [0.2, 0.25) is 0 Å². The number of hydrogen-bond acceptors (Lipinski definition) is 6. The molecular weight excluding hydrogens is 865 g/mol. The molecule has 0 aliphatic rings. The molecule has 0 aromatic heterocycles. The molecule has 0 fully saturated rings. The lowest BCUT2D eigenvalue weighted by Gasteiger charge is -2.18. The van der Waals surface area contributed by atoms with Crippen molar-refractivity contribution in [3.8, 4) is 0 Å². The fraction of sp³-hybridized carbons (Fsp3) is 0.859. The van der Waals surface area contributed by atoms with Gasteiger partial charge in [-0.25, -0.2) is 0 Å². The van der Waals surface area contributed by atoms with Crippen LogP contribution in [0.3, 0.4) is 0 Å². The quantitative estimate of drug-likeness (QED) is 0.0199. The Labute approximate surface area is 435 Å². The molecule has 6 heteroatoms. The molecule has 0 amide bonds. The van der Waals surface area contributed by atoms with Crippen LogP contribution in [0.25, 0.3) is 0 Å². The molecule has 0 N–H and O–H groups in total. The van der Waals surface area contributed by atoms with Crippen molar-refractivity contribution >= 4 is 17.9 Å². The van der Waals surface area contributed by atoms with Crippen molar-refractivity contribution in [1.29, 1.82) is 0 Å². The Bertz CT molecular complexity index is 1170. The van der Waals surface area contributed by atoms with Crippen LogP contribution < -0.4 is 0 Å². The molecule has 1 atom stereocenters. The zero-order chi connectivity index (χ0) is 50.7. The average molecular weight is 984 g/mol. The lowest BCUT2D eigenvalue weighted by atomic mass is 10.0. The van der Waals surface area contributed by atoms with Gasteiger partial charge < -0.3 is 14.2 Å². The van der Waals surface area contributed by atoms with E-state index in [2.05, 4.69) is 57.2 Å². The van der Waals surface area contributed by atoms with Crippen LogP contribution in [0, 0.1) is 0 Å². The maximum atomic E-state index is 12.9. The fourth-order valence-corrected chi connectivity index (χ4v) is 9.20. The van der Waals surface area contributed by atoms with E-state index in [4.69, 9.17) is 14.2 Å². The molecule has 70 heavy (non-hydrogen) atoms. The van der Waals surface area contributed by atoms with Gasteiger partial charge in [-0.15, -0.1) is 0 Å². The zero-order valence-electron chi connectivity index (χ0n) is 47.1. The summed E-state index contributed by atoms with van der Waals surface area (Å²) >= 11 is 0. The van der Waals surface area contributed by atoms with E-state index in [1.54, 1.807) is 0 Å². The SMILES string of the molecule is CCCCC/C=C\C=C/CCCCCCCCCCCCC(=O)OCC(COC(=O)CCCCCCCCCCCCCCCC)OC(=O)CCCCCCCCC/C=C\CCCCCCCCCC. The summed E-state index contributed by atoms with van der Waals surface area (Å²) in [6, 6.07) is 0. The predicted molar refractivity (Wildman–Crippen MR) is 302 cm³/mol. The van der Waals surface area contributed by atoms with Gasteiger partial charge in [-0.3, -0.25) is 14.4 Å². The van der Waals surface area contributed by atoms with E-state index < -0.39 is 6.10 Å². The van der Waals surface area contributed by atoms with Crippen LogP contribution in [0.5, 0.6) is 0 Å². The molecule has 0 spiro atoms. The molecule has 6 nitrogen and oxygen atoms in total. The van der Waals surface area contributed by atoms with Gasteiger partial charge >= 0.3 is 17.9 Å². The van der Waals surface area contributed by atoms with Crippen molar-refractivity contribution in [3.63, 3.8) is 0 Å². The second-order valence-corrected chi connectivity index (χ2v) is 21.0. The van der Waals surface area contributed by atoms with Crippen LogP contribution in [0.1, 0.15) is 335 Å². The Morgan fingerprint density at radius 3 is 0.829 bits per heavy atom. The minimum Gasteiger partial charge on any atom is -0.462 e. The Balaban J connectivity index is 4.33. The van der Waals surface area contributed by atoms with E-state index >= 15 is 0 Å². The highest BCUT2D eigenvalue weighted by molar-refractivity contribution is 5.71. The third-order valence-electron chi connectivity index (χ3n) is 13.9. The summed E-state index contributed by atoms with van der Waals surface area (Å²) < 4.78 is 16.9. The smallest absolute Gasteiger partial charge is 0.306 e. The summed E-state index contributed by atoms with van der Waals surface area (Å²) in [6.07, 6.45) is 71.4. The topological polar surface area (TPSA) is 78.9 Å². The predicted octanol–water partition coefficient (Wildman–Crippen LogP) is 20.8. The molecule has 0 saturated heterocycles. The van der Waals surface area contributed by atoms with Crippen LogP contribution in [-0.2, 0) is 28.6 Å². The molecule has 0 radical (unpaired) electrons. The highest BCUT2D eigenvalue weighted by Crippen LogP contribution is 2.17. The van der Waals surface area contributed by atoms with Gasteiger partial charge in [-0.2, -0.15) is 0 Å². The number of carbonyl (C=O) groups excluding carboxylic acids is 3. The van der Waals surface area contributed by atoms with Crippen molar-refractivity contribution in [2.75, 3.05) is 13.2 Å². The van der Waals surface area contributed by atoms with E-state index in [9.17, 15) is 14.4 Å². The highest BCUT2D eigenvalue weighted by atomic mass is 16.6. The number of ether oxygens (including phenoxy) is 3. The largest absolute Gasteiger partial charge is 0.462 e. The monoisotopic (exact) mass is 983 g/mol. The van der Waals surface area contributed by atoms with E-state index in [0.717, 1.165) is 57.8 Å². The van der Waals surface area contributed by atoms with Crippen molar-refractivity contribution in [2.24, 2.45) is 0 Å². The second kappa shape index (κ2) is 59.2. The average Bonchev–Trinajstić information content (AvgIpc) is 3.36. The lowest BCUT2D eigenvalue weighted by molar-refractivity contribution is -0.167. The van der Waals surface area contributed by atoms with Gasteiger partial charge in [0, 0.05) is 19.3 Å². The first kappa shape index (κ1) is 67.6. The summed E-state index contributed by atoms with van der Waals surface area (Å²) in [4.78, 5) is 38.3. The summed E-state index contributed by atoms with van der Waals surface area (Å²) in [5.74, 6) is -0.857. The van der Waals surface area contributed by atoms with Crippen molar-refractivity contribution < 1.29 is 28.6 Å². The standard InChI is InChI=1S/C64H118O6/c1-4-7-10-13-16-19-22-25-28-30-32-34-36-39-42-45-48-51-54-57-63(66)69-60-61(59-68-62(65)56-53-50-47-44-41-38-27-24-21-18-15-12-9-6-3)70-64(67)58-55-52-49-46-43-40-37-35-33-31-29-26-23-20-17-14-11-8-5-2/h16,19,22,25,31,33,61H,4-15,17-18,20-21,23-24,26-30,32,34-60H2,1-3H3/b19-16-,25-22-,33-31-. The van der Waals surface area contributed by atoms with Crippen LogP contribution >= 0.6 is 0 Å². The number of hydrogen-bond donors (Lipinski definition) is 0. The van der Waals surface area contributed by atoms with Crippen molar-refractivity contribution in [2.45, 2.75) is 341 Å². The van der Waals surface area contributed by atoms with Crippen LogP contribution in [0.4, 0.5) is 0 Å². The number of unbranched alkanes of at least 4 members (excludes halogenated alkanes) is 41. The summed E-state index contributed by atoms with van der Waals surface area (Å²) in [7, 11) is 0. The van der Waals surface area contributed by atoms with Gasteiger partial charge in [0.25, 0.3) is 0 Å². The Morgan fingerprint density at radius 1 is 0.286 bits per heavy atom. The number of carbonyl (C=O) groups is 3. The summed E-state index contributed by atoms with van der Waals surface area (Å²) in [5, 5.41) is 0. The highest BCUT2D eigenvalue weighted by Gasteiger charge is 2.19. The molecule has 1 unspecified atom stereocenters. The first-order chi connectivity index (χ1) is 34.5. The Kier molecular flexibility index (Phi) is 57.2. The normalized spacial score (nSPS) is 12.2. The summed E-state index contributed by atoms with van der Waals surface area (Å²) in [6.45, 7) is 6.66. The van der Waals surface area contributed by atoms with Gasteiger partial charge in [-0.1, -0.05) is 282 Å². The first-order valence-electron chi connectivity index (χ1n) is 31.0. The van der Waals surface area contributed by atoms with E-state index in [1.165, 1.54) is 238 Å². The second-order valence-electron chi connectivity index (χ2n) is 21.0. The van der Waals surface area contributed by atoms with Gasteiger partial charge in [0.1, 0.15) is 13.2 Å². The van der Waals surface area contributed by atoms with E-state index in [-0.39, 0.29) is 31.1 Å². The van der Waals surface area contributed by atoms with Crippen LogP contribution in [-0.4, -0.2) is 37.2 Å². The molecule has 0 saturated carbocycles. The minimum absolute atomic E-state index is 0.0707. The summed E-state index contributed by atoms with van der Waals surface area (Å²) in [5.41, 5.74) is 0. The molecular formula is C64H118O6. The fourth-order valence-electron chi connectivity index (χ4n) is 9.20.